The van der Waals surface area contributed by atoms with Gasteiger partial charge in [0.25, 0.3) is 5.91 Å². The van der Waals surface area contributed by atoms with Gasteiger partial charge in [0.15, 0.2) is 0 Å². The molecular weight excluding hydrogens is 419 g/mol. The number of carbonyl (C=O) groups excluding carboxylic acids is 2. The lowest BCUT2D eigenvalue weighted by molar-refractivity contribution is -0.137. The molecule has 0 unspecified atom stereocenters. The highest BCUT2D eigenvalue weighted by atomic mass is 35.5. The number of ether oxygens (including phenoxy) is 1. The van der Waals surface area contributed by atoms with Crippen molar-refractivity contribution in [1.82, 2.24) is 5.32 Å². The van der Waals surface area contributed by atoms with Crippen molar-refractivity contribution >= 4 is 46.8 Å². The Bertz CT molecular complexity index is 918. The molecule has 0 aromatic heterocycles. The maximum atomic E-state index is 12.2. The van der Waals surface area contributed by atoms with Crippen LogP contribution >= 0.6 is 23.2 Å². The molecule has 3 amide bonds. The topological polar surface area (TPSA) is 105 Å². The van der Waals surface area contributed by atoms with Gasteiger partial charge in [0, 0.05) is 22.7 Å². The summed E-state index contributed by atoms with van der Waals surface area (Å²) < 4.78 is 5.66. The van der Waals surface area contributed by atoms with E-state index in [-0.39, 0.29) is 17.0 Å². The highest BCUT2D eigenvalue weighted by Gasteiger charge is 2.15. The van der Waals surface area contributed by atoms with Crippen LogP contribution in [-0.2, 0) is 4.79 Å². The molecule has 2 rings (SSSR count). The van der Waals surface area contributed by atoms with Crippen molar-refractivity contribution in [3.8, 4) is 5.75 Å². The Morgan fingerprint density at radius 3 is 2.55 bits per heavy atom. The molecule has 0 fully saturated rings. The van der Waals surface area contributed by atoms with Crippen LogP contribution in [0.4, 0.5) is 10.5 Å². The van der Waals surface area contributed by atoms with Gasteiger partial charge < -0.3 is 15.2 Å². The molecule has 0 aliphatic rings. The van der Waals surface area contributed by atoms with Gasteiger partial charge in [-0.2, -0.15) is 0 Å². The number of nitrogens with one attached hydrogen (secondary N) is 2. The van der Waals surface area contributed by atoms with Crippen molar-refractivity contribution in [3.63, 3.8) is 0 Å². The van der Waals surface area contributed by atoms with Crippen LogP contribution < -0.4 is 15.4 Å². The minimum atomic E-state index is -0.840. The summed E-state index contributed by atoms with van der Waals surface area (Å²) in [6.07, 6.45) is 1.21. The fourth-order valence-electron chi connectivity index (χ4n) is 2.46. The summed E-state index contributed by atoms with van der Waals surface area (Å²) >= 11 is 11.8. The van der Waals surface area contributed by atoms with Gasteiger partial charge >= 0.3 is 12.0 Å². The molecule has 0 aliphatic carbocycles. The maximum Gasteiger partial charge on any atom is 0.326 e. The first-order valence-electron chi connectivity index (χ1n) is 8.79. The van der Waals surface area contributed by atoms with Gasteiger partial charge in [0.2, 0.25) is 0 Å². The highest BCUT2D eigenvalue weighted by Crippen LogP contribution is 2.26. The van der Waals surface area contributed by atoms with Crippen LogP contribution in [0.25, 0.3) is 0 Å². The minimum absolute atomic E-state index is 0.0930. The lowest BCUT2D eigenvalue weighted by Crippen LogP contribution is -2.34. The fourth-order valence-corrected chi connectivity index (χ4v) is 2.96. The van der Waals surface area contributed by atoms with Gasteiger partial charge in [-0.1, -0.05) is 29.3 Å². The molecule has 0 aliphatic heterocycles. The molecule has 0 heterocycles. The predicted molar refractivity (Wildman–Crippen MR) is 111 cm³/mol. The van der Waals surface area contributed by atoms with E-state index < -0.39 is 17.9 Å². The van der Waals surface area contributed by atoms with Crippen molar-refractivity contribution in [1.29, 1.82) is 0 Å². The lowest BCUT2D eigenvalue weighted by atomic mass is 10.1. The number of unbranched alkanes of at least 4 members (excludes halogenated alkanes) is 1. The van der Waals surface area contributed by atoms with E-state index >= 15 is 0 Å². The molecule has 29 heavy (non-hydrogen) atoms. The van der Waals surface area contributed by atoms with E-state index in [0.29, 0.717) is 41.5 Å². The van der Waals surface area contributed by atoms with E-state index in [1.54, 1.807) is 25.1 Å². The summed E-state index contributed by atoms with van der Waals surface area (Å²) in [5.41, 5.74) is 1.28. The normalized spacial score (nSPS) is 10.3. The largest absolute Gasteiger partial charge is 0.493 e. The van der Waals surface area contributed by atoms with Gasteiger partial charge in [-0.15, -0.1) is 0 Å². The Kier molecular flexibility index (Phi) is 8.30. The number of anilines is 1. The Labute approximate surface area is 178 Å². The number of benzene rings is 2. The number of rotatable bonds is 8. The van der Waals surface area contributed by atoms with Gasteiger partial charge in [0.05, 0.1) is 17.2 Å². The zero-order chi connectivity index (χ0) is 21.4. The number of halogens is 2. The number of aliphatic carboxylic acids is 1. The van der Waals surface area contributed by atoms with E-state index in [4.69, 9.17) is 33.0 Å². The van der Waals surface area contributed by atoms with Crippen molar-refractivity contribution in [2.45, 2.75) is 26.2 Å². The number of urea groups is 1. The molecule has 7 nitrogen and oxygen atoms in total. The van der Waals surface area contributed by atoms with Gasteiger partial charge in [0.1, 0.15) is 5.75 Å². The van der Waals surface area contributed by atoms with Gasteiger partial charge in [-0.05, 0) is 50.1 Å². The zero-order valence-corrected chi connectivity index (χ0v) is 17.1. The lowest BCUT2D eigenvalue weighted by Gasteiger charge is -2.14. The first-order valence-corrected chi connectivity index (χ1v) is 9.55. The van der Waals surface area contributed by atoms with Gasteiger partial charge in [-0.3, -0.25) is 14.9 Å². The standard InChI is InChI=1S/C20H20Cl2N2O5/c1-12-16(5-4-6-17(12)29-10-3-2-7-18(25)26)23-20(28)24-19(27)14-9-8-13(21)11-15(14)22/h4-6,8-9,11H,2-3,7,10H2,1H3,(H,25,26)(H2,23,24,27,28). The Balaban J connectivity index is 1.94. The minimum Gasteiger partial charge on any atom is -0.493 e. The number of imide groups is 1. The van der Waals surface area contributed by atoms with Crippen LogP contribution in [-0.4, -0.2) is 29.6 Å². The Morgan fingerprint density at radius 2 is 1.86 bits per heavy atom. The molecule has 0 saturated carbocycles. The number of carboxylic acids is 1. The number of hydrogen-bond acceptors (Lipinski definition) is 4. The van der Waals surface area contributed by atoms with Crippen LogP contribution in [0.2, 0.25) is 10.0 Å². The average Bonchev–Trinajstić information content (AvgIpc) is 2.63. The van der Waals surface area contributed by atoms with Crippen LogP contribution in [0, 0.1) is 6.92 Å². The second kappa shape index (κ2) is 10.7. The third-order valence-corrected chi connectivity index (χ3v) is 4.53. The maximum absolute atomic E-state index is 12.2. The molecular formula is C20H20Cl2N2O5. The second-order valence-electron chi connectivity index (χ2n) is 6.16. The average molecular weight is 439 g/mol. The van der Waals surface area contributed by atoms with Crippen molar-refractivity contribution in [2.24, 2.45) is 0 Å². The van der Waals surface area contributed by atoms with Crippen LogP contribution in [0.5, 0.6) is 5.75 Å². The van der Waals surface area contributed by atoms with Crippen molar-refractivity contribution in [3.05, 3.63) is 57.6 Å². The Hall–Kier alpha value is -2.77. The van der Waals surface area contributed by atoms with E-state index in [9.17, 15) is 14.4 Å². The van der Waals surface area contributed by atoms with Crippen LogP contribution in [0.1, 0.15) is 35.2 Å². The van der Waals surface area contributed by atoms with Crippen LogP contribution in [0.3, 0.4) is 0 Å². The van der Waals surface area contributed by atoms with Crippen LogP contribution in [0.15, 0.2) is 36.4 Å². The van der Waals surface area contributed by atoms with Gasteiger partial charge in [-0.25, -0.2) is 4.79 Å². The molecule has 3 N–H and O–H groups in total. The van der Waals surface area contributed by atoms with E-state index in [1.807, 2.05) is 0 Å². The molecule has 2 aromatic carbocycles. The number of hydrogen-bond donors (Lipinski definition) is 3. The summed E-state index contributed by atoms with van der Waals surface area (Å²) in [4.78, 5) is 34.9. The third-order valence-electron chi connectivity index (χ3n) is 3.98. The molecule has 2 aromatic rings. The quantitative estimate of drug-likeness (QED) is 0.508. The second-order valence-corrected chi connectivity index (χ2v) is 7.00. The van der Waals surface area contributed by atoms with E-state index in [2.05, 4.69) is 10.6 Å². The summed E-state index contributed by atoms with van der Waals surface area (Å²) in [5, 5.41) is 14.0. The summed E-state index contributed by atoms with van der Waals surface area (Å²) in [6.45, 7) is 2.12. The molecule has 0 saturated heterocycles. The zero-order valence-electron chi connectivity index (χ0n) is 15.6. The van der Waals surface area contributed by atoms with Crippen molar-refractivity contribution in [2.75, 3.05) is 11.9 Å². The number of amides is 3. The molecule has 0 radical (unpaired) electrons. The first kappa shape index (κ1) is 22.5. The SMILES string of the molecule is Cc1c(NC(=O)NC(=O)c2ccc(Cl)cc2Cl)cccc1OCCCCC(=O)O. The monoisotopic (exact) mass is 438 g/mol. The number of carbonyl (C=O) groups is 3. The summed E-state index contributed by atoms with van der Waals surface area (Å²) in [5.74, 6) is -0.939. The summed E-state index contributed by atoms with van der Waals surface area (Å²) in [7, 11) is 0. The Morgan fingerprint density at radius 1 is 1.10 bits per heavy atom. The highest BCUT2D eigenvalue weighted by molar-refractivity contribution is 6.37. The number of carboxylic acid groups (broad SMARTS) is 1. The fraction of sp³-hybridized carbons (Fsp3) is 0.250. The van der Waals surface area contributed by atoms with Crippen molar-refractivity contribution < 1.29 is 24.2 Å². The molecule has 0 spiro atoms. The smallest absolute Gasteiger partial charge is 0.326 e. The molecule has 0 atom stereocenters. The van der Waals surface area contributed by atoms with E-state index in [0.717, 1.165) is 0 Å². The predicted octanol–water partition coefficient (Wildman–Crippen LogP) is 4.90. The van der Waals surface area contributed by atoms with E-state index in [1.165, 1.54) is 18.2 Å². The molecule has 154 valence electrons. The third kappa shape index (κ3) is 6.96. The summed E-state index contributed by atoms with van der Waals surface area (Å²) in [6, 6.07) is 8.74. The molecule has 9 heteroatoms. The molecule has 0 bridgehead atoms. The first-order chi connectivity index (χ1) is 13.8.